The Labute approximate surface area is 101 Å². The largest absolute Gasteiger partial charge is 0.397 e. The fourth-order valence-corrected chi connectivity index (χ4v) is 2.28. The summed E-state index contributed by atoms with van der Waals surface area (Å²) in [7, 11) is 0. The van der Waals surface area contributed by atoms with E-state index in [1.807, 2.05) is 12.1 Å². The van der Waals surface area contributed by atoms with Crippen LogP contribution in [0.4, 0.5) is 11.4 Å². The van der Waals surface area contributed by atoms with Crippen molar-refractivity contribution < 1.29 is 10.2 Å². The van der Waals surface area contributed by atoms with Gasteiger partial charge in [-0.3, -0.25) is 0 Å². The zero-order chi connectivity index (χ0) is 12.3. The van der Waals surface area contributed by atoms with Gasteiger partial charge in [-0.1, -0.05) is 6.07 Å². The summed E-state index contributed by atoms with van der Waals surface area (Å²) in [5, 5.41) is 21.8. The summed E-state index contributed by atoms with van der Waals surface area (Å²) in [4.78, 5) is 0. The minimum Gasteiger partial charge on any atom is -0.397 e. The SMILES string of the molecule is Nc1cc(CO)ccc1NC1CCC(O)CC1. The van der Waals surface area contributed by atoms with Gasteiger partial charge in [0.15, 0.2) is 0 Å². The Hall–Kier alpha value is -1.26. The minimum absolute atomic E-state index is 0.0140. The van der Waals surface area contributed by atoms with Gasteiger partial charge >= 0.3 is 0 Å². The van der Waals surface area contributed by atoms with E-state index >= 15 is 0 Å². The zero-order valence-corrected chi connectivity index (χ0v) is 9.89. The number of nitrogens with two attached hydrogens (primary N) is 1. The van der Waals surface area contributed by atoms with Gasteiger partial charge in [0.2, 0.25) is 0 Å². The molecule has 0 aliphatic heterocycles. The van der Waals surface area contributed by atoms with E-state index in [1.54, 1.807) is 6.07 Å². The van der Waals surface area contributed by atoms with Crippen molar-refractivity contribution in [1.82, 2.24) is 0 Å². The highest BCUT2D eigenvalue weighted by Crippen LogP contribution is 2.26. The molecule has 1 saturated carbocycles. The number of rotatable bonds is 3. The number of nitrogens with one attached hydrogen (secondary N) is 1. The van der Waals surface area contributed by atoms with Gasteiger partial charge in [-0.15, -0.1) is 0 Å². The van der Waals surface area contributed by atoms with Crippen LogP contribution in [0.2, 0.25) is 0 Å². The molecule has 1 fully saturated rings. The van der Waals surface area contributed by atoms with Crippen LogP contribution in [-0.4, -0.2) is 22.4 Å². The van der Waals surface area contributed by atoms with Gasteiger partial charge in [0.05, 0.1) is 24.1 Å². The summed E-state index contributed by atoms with van der Waals surface area (Å²) in [6.07, 6.45) is 3.52. The van der Waals surface area contributed by atoms with E-state index in [0.29, 0.717) is 11.7 Å². The number of anilines is 2. The maximum absolute atomic E-state index is 9.44. The van der Waals surface area contributed by atoms with Crippen LogP contribution in [0, 0.1) is 0 Å². The number of benzene rings is 1. The lowest BCUT2D eigenvalue weighted by molar-refractivity contribution is 0.126. The number of aliphatic hydroxyl groups excluding tert-OH is 2. The highest BCUT2D eigenvalue weighted by Gasteiger charge is 2.19. The molecular formula is C13H20N2O2. The van der Waals surface area contributed by atoms with Crippen LogP contribution >= 0.6 is 0 Å². The van der Waals surface area contributed by atoms with E-state index in [2.05, 4.69) is 5.32 Å². The molecular weight excluding hydrogens is 216 g/mol. The van der Waals surface area contributed by atoms with Crippen molar-refractivity contribution in [2.24, 2.45) is 0 Å². The predicted octanol–water partition coefficient (Wildman–Crippen LogP) is 1.48. The molecule has 0 unspecified atom stereocenters. The van der Waals surface area contributed by atoms with Crippen molar-refractivity contribution in [2.75, 3.05) is 11.1 Å². The Bertz CT molecular complexity index is 374. The van der Waals surface area contributed by atoms with Crippen molar-refractivity contribution in [3.05, 3.63) is 23.8 Å². The number of hydrogen-bond acceptors (Lipinski definition) is 4. The van der Waals surface area contributed by atoms with E-state index in [9.17, 15) is 5.11 Å². The van der Waals surface area contributed by atoms with Crippen LogP contribution < -0.4 is 11.1 Å². The Kier molecular flexibility index (Phi) is 3.86. The molecule has 0 amide bonds. The molecule has 0 atom stereocenters. The van der Waals surface area contributed by atoms with E-state index in [1.165, 1.54) is 0 Å². The van der Waals surface area contributed by atoms with Crippen LogP contribution in [-0.2, 0) is 6.61 Å². The molecule has 94 valence electrons. The summed E-state index contributed by atoms with van der Waals surface area (Å²) in [5.41, 5.74) is 8.33. The first-order valence-electron chi connectivity index (χ1n) is 6.13. The maximum Gasteiger partial charge on any atom is 0.0682 e. The summed E-state index contributed by atoms with van der Waals surface area (Å²) in [6, 6.07) is 5.96. The Morgan fingerprint density at radius 2 is 1.94 bits per heavy atom. The van der Waals surface area contributed by atoms with Gasteiger partial charge in [0.1, 0.15) is 0 Å². The summed E-state index contributed by atoms with van der Waals surface area (Å²) in [5.74, 6) is 0. The number of hydrogen-bond donors (Lipinski definition) is 4. The fraction of sp³-hybridized carbons (Fsp3) is 0.538. The van der Waals surface area contributed by atoms with Gasteiger partial charge < -0.3 is 21.3 Å². The normalized spacial score (nSPS) is 24.6. The van der Waals surface area contributed by atoms with E-state index in [0.717, 1.165) is 36.9 Å². The minimum atomic E-state index is -0.137. The number of nitrogen functional groups attached to an aromatic ring is 1. The quantitative estimate of drug-likeness (QED) is 0.599. The lowest BCUT2D eigenvalue weighted by Crippen LogP contribution is -2.28. The zero-order valence-electron chi connectivity index (χ0n) is 9.89. The van der Waals surface area contributed by atoms with Gasteiger partial charge in [0.25, 0.3) is 0 Å². The third-order valence-electron chi connectivity index (χ3n) is 3.35. The monoisotopic (exact) mass is 236 g/mol. The highest BCUT2D eigenvalue weighted by atomic mass is 16.3. The molecule has 4 heteroatoms. The molecule has 4 nitrogen and oxygen atoms in total. The molecule has 17 heavy (non-hydrogen) atoms. The topological polar surface area (TPSA) is 78.5 Å². The predicted molar refractivity (Wildman–Crippen MR) is 68.7 cm³/mol. The lowest BCUT2D eigenvalue weighted by Gasteiger charge is -2.27. The highest BCUT2D eigenvalue weighted by molar-refractivity contribution is 5.67. The molecule has 0 heterocycles. The molecule has 0 spiro atoms. The summed E-state index contributed by atoms with van der Waals surface area (Å²) >= 11 is 0. The van der Waals surface area contributed by atoms with Gasteiger partial charge in [-0.25, -0.2) is 0 Å². The van der Waals surface area contributed by atoms with E-state index in [-0.39, 0.29) is 12.7 Å². The second kappa shape index (κ2) is 5.38. The van der Waals surface area contributed by atoms with Crippen LogP contribution in [0.5, 0.6) is 0 Å². The van der Waals surface area contributed by atoms with Crippen molar-refractivity contribution in [3.8, 4) is 0 Å². The average Bonchev–Trinajstić information content (AvgIpc) is 2.34. The summed E-state index contributed by atoms with van der Waals surface area (Å²) in [6.45, 7) is 0.0140. The molecule has 0 bridgehead atoms. The van der Waals surface area contributed by atoms with Crippen molar-refractivity contribution in [1.29, 1.82) is 0 Å². The van der Waals surface area contributed by atoms with E-state index < -0.39 is 0 Å². The molecule has 0 saturated heterocycles. The first-order chi connectivity index (χ1) is 8.19. The van der Waals surface area contributed by atoms with Gasteiger partial charge in [-0.2, -0.15) is 0 Å². The molecule has 1 aromatic carbocycles. The molecule has 1 aromatic rings. The molecule has 1 aliphatic rings. The van der Waals surface area contributed by atoms with Crippen molar-refractivity contribution >= 4 is 11.4 Å². The third kappa shape index (κ3) is 3.11. The second-order valence-electron chi connectivity index (χ2n) is 4.73. The van der Waals surface area contributed by atoms with Crippen LogP contribution in [0.1, 0.15) is 31.2 Å². The van der Waals surface area contributed by atoms with Crippen LogP contribution in [0.3, 0.4) is 0 Å². The Morgan fingerprint density at radius 1 is 1.24 bits per heavy atom. The van der Waals surface area contributed by atoms with Crippen molar-refractivity contribution in [2.45, 2.75) is 44.4 Å². The maximum atomic E-state index is 9.44. The molecule has 0 aromatic heterocycles. The molecule has 1 aliphatic carbocycles. The molecule has 0 radical (unpaired) electrons. The molecule has 5 N–H and O–H groups in total. The third-order valence-corrected chi connectivity index (χ3v) is 3.35. The molecule has 2 rings (SSSR count). The summed E-state index contributed by atoms with van der Waals surface area (Å²) < 4.78 is 0. The first-order valence-corrected chi connectivity index (χ1v) is 6.13. The van der Waals surface area contributed by atoms with Gasteiger partial charge in [0, 0.05) is 6.04 Å². The van der Waals surface area contributed by atoms with Crippen LogP contribution in [0.15, 0.2) is 18.2 Å². The first kappa shape index (κ1) is 12.2. The average molecular weight is 236 g/mol. The van der Waals surface area contributed by atoms with Crippen molar-refractivity contribution in [3.63, 3.8) is 0 Å². The second-order valence-corrected chi connectivity index (χ2v) is 4.73. The van der Waals surface area contributed by atoms with Crippen LogP contribution in [0.25, 0.3) is 0 Å². The van der Waals surface area contributed by atoms with E-state index in [4.69, 9.17) is 10.8 Å². The lowest BCUT2D eigenvalue weighted by atomic mass is 9.93. The van der Waals surface area contributed by atoms with Gasteiger partial charge in [-0.05, 0) is 43.4 Å². The standard InChI is InChI=1S/C13H20N2O2/c14-12-7-9(8-16)1-6-13(12)15-10-2-4-11(17)5-3-10/h1,6-7,10-11,15-17H,2-5,8,14H2. The Balaban J connectivity index is 1.99. The fourth-order valence-electron chi connectivity index (χ4n) is 2.28. The Morgan fingerprint density at radius 3 is 2.53 bits per heavy atom. The smallest absolute Gasteiger partial charge is 0.0682 e. The number of aliphatic hydroxyl groups is 2.